The van der Waals surface area contributed by atoms with E-state index in [1.54, 1.807) is 0 Å². The molecule has 18 heavy (non-hydrogen) atoms. The summed E-state index contributed by atoms with van der Waals surface area (Å²) in [5, 5.41) is 7.82. The normalized spacial score (nSPS) is 24.3. The van der Waals surface area contributed by atoms with E-state index in [-0.39, 0.29) is 6.04 Å². The topological polar surface area (TPSA) is 68.2 Å². The molecule has 3 rings (SSSR count). The number of fused-ring (bicyclic) bond motifs is 1. The number of rotatable bonds is 2. The third-order valence-electron chi connectivity index (χ3n) is 3.69. The van der Waals surface area contributed by atoms with Crippen LogP contribution in [0, 0.1) is 6.92 Å². The zero-order chi connectivity index (χ0) is 12.5. The summed E-state index contributed by atoms with van der Waals surface area (Å²) >= 11 is 0. The molecule has 2 aromatic rings. The molecule has 0 bridgehead atoms. The Labute approximate surface area is 106 Å². The van der Waals surface area contributed by atoms with Crippen LogP contribution in [0.4, 0.5) is 5.95 Å². The Morgan fingerprint density at radius 1 is 1.39 bits per heavy atom. The number of nitrogens with two attached hydrogens (primary N) is 1. The van der Waals surface area contributed by atoms with Gasteiger partial charge in [0.05, 0.1) is 0 Å². The average Bonchev–Trinajstić information content (AvgIpc) is 2.76. The summed E-state index contributed by atoms with van der Waals surface area (Å²) in [4.78, 5) is 4.53. The Morgan fingerprint density at radius 2 is 2.22 bits per heavy atom. The highest BCUT2D eigenvalue weighted by Crippen LogP contribution is 2.20. The van der Waals surface area contributed by atoms with E-state index >= 15 is 0 Å². The third-order valence-corrected chi connectivity index (χ3v) is 3.69. The van der Waals surface area contributed by atoms with Gasteiger partial charge in [-0.2, -0.15) is 4.98 Å². The number of nitrogens with zero attached hydrogens (tertiary/aromatic N) is 3. The monoisotopic (exact) mass is 245 g/mol. The molecule has 3 N–H and O–H groups in total. The van der Waals surface area contributed by atoms with Gasteiger partial charge in [0.1, 0.15) is 0 Å². The Morgan fingerprint density at radius 3 is 3.00 bits per heavy atom. The fourth-order valence-electron chi connectivity index (χ4n) is 2.61. The lowest BCUT2D eigenvalue weighted by atomic mass is 9.91. The van der Waals surface area contributed by atoms with Crippen LogP contribution >= 0.6 is 0 Å². The number of anilines is 1. The van der Waals surface area contributed by atoms with E-state index in [1.165, 1.54) is 12.8 Å². The van der Waals surface area contributed by atoms with Crippen LogP contribution in [-0.4, -0.2) is 26.7 Å². The molecule has 2 heterocycles. The first-order valence-corrected chi connectivity index (χ1v) is 6.58. The smallest absolute Gasteiger partial charge is 0.243 e. The molecule has 0 spiro atoms. The van der Waals surface area contributed by atoms with Crippen molar-refractivity contribution in [3.8, 4) is 0 Å². The van der Waals surface area contributed by atoms with Crippen LogP contribution in [0.25, 0.3) is 5.65 Å². The number of aryl methyl sites for hydroxylation is 1. The Kier molecular flexibility index (Phi) is 2.91. The van der Waals surface area contributed by atoms with Crippen molar-refractivity contribution in [3.63, 3.8) is 0 Å². The maximum atomic E-state index is 6.13. The summed E-state index contributed by atoms with van der Waals surface area (Å²) in [6.07, 6.45) is 6.58. The van der Waals surface area contributed by atoms with Gasteiger partial charge < -0.3 is 11.1 Å². The van der Waals surface area contributed by atoms with Crippen molar-refractivity contribution < 1.29 is 0 Å². The summed E-state index contributed by atoms with van der Waals surface area (Å²) in [6.45, 7) is 2.04. The van der Waals surface area contributed by atoms with Gasteiger partial charge in [0.15, 0.2) is 5.65 Å². The highest BCUT2D eigenvalue weighted by atomic mass is 15.3. The molecule has 0 radical (unpaired) electrons. The lowest BCUT2D eigenvalue weighted by Crippen LogP contribution is -2.42. The van der Waals surface area contributed by atoms with Crippen LogP contribution < -0.4 is 11.1 Å². The van der Waals surface area contributed by atoms with Gasteiger partial charge in [-0.25, -0.2) is 4.52 Å². The molecular formula is C13H19N5. The van der Waals surface area contributed by atoms with Gasteiger partial charge in [-0.1, -0.05) is 18.9 Å². The molecule has 5 nitrogen and oxygen atoms in total. The Hall–Kier alpha value is -1.62. The van der Waals surface area contributed by atoms with Crippen molar-refractivity contribution in [3.05, 3.63) is 23.9 Å². The van der Waals surface area contributed by atoms with Crippen molar-refractivity contribution >= 4 is 11.6 Å². The van der Waals surface area contributed by atoms with Gasteiger partial charge in [0.25, 0.3) is 0 Å². The van der Waals surface area contributed by atoms with E-state index in [4.69, 9.17) is 5.73 Å². The molecule has 0 unspecified atom stereocenters. The Balaban J connectivity index is 1.84. The summed E-state index contributed by atoms with van der Waals surface area (Å²) in [5.41, 5.74) is 8.16. The molecule has 2 atom stereocenters. The van der Waals surface area contributed by atoms with Crippen LogP contribution in [0.15, 0.2) is 18.3 Å². The maximum absolute atomic E-state index is 6.13. The van der Waals surface area contributed by atoms with Gasteiger partial charge in [0.2, 0.25) is 5.95 Å². The summed E-state index contributed by atoms with van der Waals surface area (Å²) < 4.78 is 1.81. The second-order valence-corrected chi connectivity index (χ2v) is 5.09. The minimum atomic E-state index is 0.214. The van der Waals surface area contributed by atoms with Crippen molar-refractivity contribution in [1.82, 2.24) is 14.6 Å². The highest BCUT2D eigenvalue weighted by Gasteiger charge is 2.22. The molecule has 5 heteroatoms. The van der Waals surface area contributed by atoms with Crippen molar-refractivity contribution in [2.75, 3.05) is 5.32 Å². The zero-order valence-corrected chi connectivity index (χ0v) is 10.6. The molecule has 2 aromatic heterocycles. The van der Waals surface area contributed by atoms with E-state index < -0.39 is 0 Å². The fourth-order valence-corrected chi connectivity index (χ4v) is 2.61. The van der Waals surface area contributed by atoms with Gasteiger partial charge >= 0.3 is 0 Å². The first-order valence-electron chi connectivity index (χ1n) is 6.58. The maximum Gasteiger partial charge on any atom is 0.243 e. The molecule has 1 fully saturated rings. The van der Waals surface area contributed by atoms with Crippen LogP contribution in [-0.2, 0) is 0 Å². The highest BCUT2D eigenvalue weighted by molar-refractivity contribution is 5.50. The number of hydrogen-bond acceptors (Lipinski definition) is 4. The average molecular weight is 245 g/mol. The largest absolute Gasteiger partial charge is 0.349 e. The van der Waals surface area contributed by atoms with Crippen LogP contribution in [0.1, 0.15) is 31.2 Å². The first kappa shape index (κ1) is 11.5. The van der Waals surface area contributed by atoms with Gasteiger partial charge in [-0.3, -0.25) is 0 Å². The molecule has 0 saturated heterocycles. The molecule has 0 amide bonds. The van der Waals surface area contributed by atoms with E-state index in [0.29, 0.717) is 12.0 Å². The van der Waals surface area contributed by atoms with Crippen LogP contribution in [0.3, 0.4) is 0 Å². The summed E-state index contributed by atoms with van der Waals surface area (Å²) in [6, 6.07) is 4.54. The fraction of sp³-hybridized carbons (Fsp3) is 0.538. The summed E-state index contributed by atoms with van der Waals surface area (Å²) in [5.74, 6) is 0.687. The molecule has 1 saturated carbocycles. The minimum absolute atomic E-state index is 0.214. The molecule has 96 valence electrons. The van der Waals surface area contributed by atoms with Crippen molar-refractivity contribution in [2.24, 2.45) is 5.73 Å². The number of pyridine rings is 1. The zero-order valence-electron chi connectivity index (χ0n) is 10.6. The molecule has 1 aliphatic rings. The third kappa shape index (κ3) is 2.06. The van der Waals surface area contributed by atoms with Gasteiger partial charge in [-0.05, 0) is 31.4 Å². The first-order chi connectivity index (χ1) is 8.74. The summed E-state index contributed by atoms with van der Waals surface area (Å²) in [7, 11) is 0. The lowest BCUT2D eigenvalue weighted by Gasteiger charge is -2.28. The lowest BCUT2D eigenvalue weighted by molar-refractivity contribution is 0.402. The standard InChI is InChI=1S/C13H19N5/c1-9-5-4-8-18-12(9)16-13(17-18)15-11-7-3-2-6-10(11)14/h4-5,8,10-11H,2-3,6-7,14H2,1H3,(H,15,17)/t10-,11-/m1/s1. The molecule has 0 aliphatic heterocycles. The minimum Gasteiger partial charge on any atom is -0.349 e. The predicted octanol–water partition coefficient (Wildman–Crippen LogP) is 1.72. The van der Waals surface area contributed by atoms with Crippen molar-refractivity contribution in [2.45, 2.75) is 44.7 Å². The van der Waals surface area contributed by atoms with Crippen LogP contribution in [0.5, 0.6) is 0 Å². The number of aromatic nitrogens is 3. The van der Waals surface area contributed by atoms with Crippen LogP contribution in [0.2, 0.25) is 0 Å². The van der Waals surface area contributed by atoms with E-state index in [0.717, 1.165) is 24.1 Å². The number of nitrogens with one attached hydrogen (secondary N) is 1. The van der Waals surface area contributed by atoms with E-state index in [2.05, 4.69) is 15.4 Å². The molecule has 1 aliphatic carbocycles. The molecular weight excluding hydrogens is 226 g/mol. The number of hydrogen-bond donors (Lipinski definition) is 2. The second kappa shape index (κ2) is 4.57. The Bertz CT molecular complexity index is 547. The quantitative estimate of drug-likeness (QED) is 0.845. The predicted molar refractivity (Wildman–Crippen MR) is 71.6 cm³/mol. The van der Waals surface area contributed by atoms with E-state index in [1.807, 2.05) is 29.8 Å². The van der Waals surface area contributed by atoms with Gasteiger partial charge in [0, 0.05) is 18.3 Å². The SMILES string of the molecule is Cc1cccn2nc(N[C@@H]3CCCC[C@H]3N)nc12. The van der Waals surface area contributed by atoms with Gasteiger partial charge in [-0.15, -0.1) is 5.10 Å². The van der Waals surface area contributed by atoms with Crippen molar-refractivity contribution in [1.29, 1.82) is 0 Å². The molecule has 0 aromatic carbocycles. The second-order valence-electron chi connectivity index (χ2n) is 5.09. The van der Waals surface area contributed by atoms with E-state index in [9.17, 15) is 0 Å².